The van der Waals surface area contributed by atoms with Gasteiger partial charge in [-0.2, -0.15) is 0 Å². The van der Waals surface area contributed by atoms with Gasteiger partial charge in [-0.3, -0.25) is 0 Å². The molecule has 0 amide bonds. The highest BCUT2D eigenvalue weighted by molar-refractivity contribution is 5.67. The fraction of sp³-hybridized carbons (Fsp3) is 0.655. The first-order chi connectivity index (χ1) is 14.2. The lowest BCUT2D eigenvalue weighted by Gasteiger charge is -2.24. The van der Waals surface area contributed by atoms with E-state index in [1.165, 1.54) is 66.4 Å². The summed E-state index contributed by atoms with van der Waals surface area (Å²) in [6, 6.07) is 0.127. The van der Waals surface area contributed by atoms with Gasteiger partial charge in [-0.25, -0.2) is 0 Å². The fourth-order valence-electron chi connectivity index (χ4n) is 5.27. The molecule has 0 saturated heterocycles. The van der Waals surface area contributed by atoms with Crippen LogP contribution >= 0.6 is 0 Å². The zero-order chi connectivity index (χ0) is 22.4. The summed E-state index contributed by atoms with van der Waals surface area (Å²) in [5.41, 5.74) is 17.0. The maximum Gasteiger partial charge on any atom is 0.0523 e. The Bertz CT molecular complexity index is 747. The molecule has 0 aromatic heterocycles. The summed E-state index contributed by atoms with van der Waals surface area (Å²) < 4.78 is 0. The van der Waals surface area contributed by atoms with E-state index < -0.39 is 0 Å². The molecule has 0 heterocycles. The van der Waals surface area contributed by atoms with E-state index in [9.17, 15) is 0 Å². The van der Waals surface area contributed by atoms with E-state index in [0.29, 0.717) is 11.8 Å². The molecule has 0 aromatic rings. The number of unbranched alkanes of at least 4 members (excludes halogenated alkanes) is 3. The van der Waals surface area contributed by atoms with Gasteiger partial charge in [0.25, 0.3) is 0 Å². The van der Waals surface area contributed by atoms with Crippen LogP contribution in [0.1, 0.15) is 100 Å². The van der Waals surface area contributed by atoms with Gasteiger partial charge >= 0.3 is 0 Å². The van der Waals surface area contributed by atoms with Crippen molar-refractivity contribution in [2.75, 3.05) is 0 Å². The Kier molecular flexibility index (Phi) is 9.41. The topological polar surface area (TPSA) is 26.0 Å². The lowest BCUT2D eigenvalue weighted by Crippen LogP contribution is -2.21. The first-order valence-electron chi connectivity index (χ1n) is 12.5. The number of hydrogen-bond acceptors (Lipinski definition) is 1. The zero-order valence-electron chi connectivity index (χ0n) is 21.1. The minimum Gasteiger partial charge on any atom is -0.321 e. The van der Waals surface area contributed by atoms with E-state index in [0.717, 1.165) is 12.3 Å². The van der Waals surface area contributed by atoms with Gasteiger partial charge in [0, 0.05) is 0 Å². The summed E-state index contributed by atoms with van der Waals surface area (Å²) in [5.74, 6) is 1.90. The van der Waals surface area contributed by atoms with Crippen molar-refractivity contribution in [2.45, 2.75) is 106 Å². The standard InChI is InChI=1S/C29H47N/c1-9-10-11-12-13-24(20(4)5)23(17-22(8)16-19(2)3)14-15-25-26-18-27(29(25)30)28(26)21(6)7/h14-15,17,19,21-22,29H,9-13,16,18,30H2,1-8H3/b15-14+,23-17-. The van der Waals surface area contributed by atoms with Crippen LogP contribution in [0, 0.1) is 17.8 Å². The molecule has 0 aliphatic heterocycles. The number of fused-ring (bicyclic) bond motifs is 1. The van der Waals surface area contributed by atoms with Crippen LogP contribution in [0.5, 0.6) is 0 Å². The highest BCUT2D eigenvalue weighted by atomic mass is 14.7. The molecule has 0 fully saturated rings. The molecule has 2 N–H and O–H groups in total. The number of allylic oxidation sites excluding steroid dienone is 7. The third kappa shape index (κ3) is 6.10. The molecule has 2 bridgehead atoms. The molecular weight excluding hydrogens is 362 g/mol. The second kappa shape index (κ2) is 11.3. The van der Waals surface area contributed by atoms with Crippen LogP contribution in [0.2, 0.25) is 0 Å². The number of rotatable bonds is 12. The summed E-state index contributed by atoms with van der Waals surface area (Å²) in [6.45, 7) is 18.5. The van der Waals surface area contributed by atoms with Gasteiger partial charge in [-0.05, 0) is 90.7 Å². The SMILES string of the molecule is CCCCCCC(=C(C)C)C(=C\C(C)CC(C)C)/C=C/C1=C2CC(=C2C(C)C)C1N. The summed E-state index contributed by atoms with van der Waals surface area (Å²) >= 11 is 0. The molecule has 2 unspecified atom stereocenters. The van der Waals surface area contributed by atoms with E-state index in [4.69, 9.17) is 5.73 Å². The van der Waals surface area contributed by atoms with Crippen molar-refractivity contribution in [3.8, 4) is 0 Å². The molecule has 0 spiro atoms. The van der Waals surface area contributed by atoms with Crippen molar-refractivity contribution in [1.82, 2.24) is 0 Å². The van der Waals surface area contributed by atoms with Crippen LogP contribution in [0.25, 0.3) is 0 Å². The van der Waals surface area contributed by atoms with Crippen LogP contribution in [0.15, 0.2) is 57.2 Å². The van der Waals surface area contributed by atoms with Gasteiger partial charge in [0.05, 0.1) is 6.04 Å². The quantitative estimate of drug-likeness (QED) is 0.254. The first-order valence-corrected chi connectivity index (χ1v) is 12.5. The maximum absolute atomic E-state index is 6.60. The molecule has 0 aromatic carbocycles. The van der Waals surface area contributed by atoms with Gasteiger partial charge in [-0.1, -0.05) is 84.6 Å². The average Bonchev–Trinajstić information content (AvgIpc) is 3.07. The van der Waals surface area contributed by atoms with Crippen LogP contribution in [0.3, 0.4) is 0 Å². The molecule has 1 heteroatoms. The second-order valence-corrected chi connectivity index (χ2v) is 10.5. The molecule has 2 atom stereocenters. The molecule has 0 radical (unpaired) electrons. The van der Waals surface area contributed by atoms with Crippen molar-refractivity contribution < 1.29 is 0 Å². The normalized spacial score (nSPS) is 20.1. The van der Waals surface area contributed by atoms with E-state index in [2.05, 4.69) is 73.6 Å². The van der Waals surface area contributed by atoms with Crippen LogP contribution in [-0.2, 0) is 0 Å². The van der Waals surface area contributed by atoms with Crippen molar-refractivity contribution in [3.63, 3.8) is 0 Å². The first kappa shape index (κ1) is 24.9. The molecular formula is C29H47N. The molecule has 30 heavy (non-hydrogen) atoms. The van der Waals surface area contributed by atoms with Crippen molar-refractivity contribution in [2.24, 2.45) is 23.5 Å². The number of hydrogen-bond donors (Lipinski definition) is 1. The summed E-state index contributed by atoms with van der Waals surface area (Å²) in [4.78, 5) is 0. The van der Waals surface area contributed by atoms with Crippen LogP contribution in [0.4, 0.5) is 0 Å². The lowest BCUT2D eigenvalue weighted by molar-refractivity contribution is 0.502. The minimum atomic E-state index is 0.127. The monoisotopic (exact) mass is 409 g/mol. The molecule has 0 saturated carbocycles. The van der Waals surface area contributed by atoms with Crippen LogP contribution in [-0.4, -0.2) is 6.04 Å². The Labute approximate surface area is 187 Å². The predicted molar refractivity (Wildman–Crippen MR) is 134 cm³/mol. The van der Waals surface area contributed by atoms with Gasteiger partial charge in [0.2, 0.25) is 0 Å². The highest BCUT2D eigenvalue weighted by Gasteiger charge is 2.39. The summed E-state index contributed by atoms with van der Waals surface area (Å²) in [5, 5.41) is 0. The fourth-order valence-corrected chi connectivity index (χ4v) is 5.27. The molecule has 3 rings (SSSR count). The second-order valence-electron chi connectivity index (χ2n) is 10.5. The van der Waals surface area contributed by atoms with E-state index in [1.54, 1.807) is 11.1 Å². The van der Waals surface area contributed by atoms with Gasteiger partial charge in [-0.15, -0.1) is 0 Å². The van der Waals surface area contributed by atoms with Gasteiger partial charge in [0.1, 0.15) is 0 Å². The van der Waals surface area contributed by atoms with E-state index in [-0.39, 0.29) is 6.04 Å². The number of nitrogens with two attached hydrogens (primary N) is 1. The van der Waals surface area contributed by atoms with E-state index in [1.807, 2.05) is 0 Å². The lowest BCUT2D eigenvalue weighted by atomic mass is 9.81. The Morgan fingerprint density at radius 2 is 1.77 bits per heavy atom. The Balaban J connectivity index is 2.29. The Morgan fingerprint density at radius 1 is 1.07 bits per heavy atom. The van der Waals surface area contributed by atoms with Crippen molar-refractivity contribution >= 4 is 0 Å². The summed E-state index contributed by atoms with van der Waals surface area (Å²) in [6.07, 6.45) is 16.0. The molecule has 1 nitrogen and oxygen atoms in total. The maximum atomic E-state index is 6.60. The smallest absolute Gasteiger partial charge is 0.0523 e. The van der Waals surface area contributed by atoms with Gasteiger partial charge in [0.15, 0.2) is 0 Å². The third-order valence-electron chi connectivity index (χ3n) is 6.66. The largest absolute Gasteiger partial charge is 0.321 e. The third-order valence-corrected chi connectivity index (χ3v) is 6.66. The molecule has 3 aliphatic carbocycles. The Hall–Kier alpha value is -1.34. The Morgan fingerprint density at radius 3 is 2.30 bits per heavy atom. The van der Waals surface area contributed by atoms with Crippen molar-refractivity contribution in [1.29, 1.82) is 0 Å². The highest BCUT2D eigenvalue weighted by Crippen LogP contribution is 2.50. The van der Waals surface area contributed by atoms with E-state index >= 15 is 0 Å². The predicted octanol–water partition coefficient (Wildman–Crippen LogP) is 8.45. The average molecular weight is 410 g/mol. The molecule has 3 aliphatic rings. The zero-order valence-corrected chi connectivity index (χ0v) is 21.1. The van der Waals surface area contributed by atoms with Crippen molar-refractivity contribution in [3.05, 3.63) is 57.2 Å². The minimum absolute atomic E-state index is 0.127. The van der Waals surface area contributed by atoms with Crippen LogP contribution < -0.4 is 5.73 Å². The summed E-state index contributed by atoms with van der Waals surface area (Å²) in [7, 11) is 0. The van der Waals surface area contributed by atoms with Gasteiger partial charge < -0.3 is 5.73 Å². The molecule has 168 valence electrons.